The van der Waals surface area contributed by atoms with Crippen molar-refractivity contribution in [1.82, 2.24) is 0 Å². The summed E-state index contributed by atoms with van der Waals surface area (Å²) in [6, 6.07) is 0. The topological polar surface area (TPSA) is 9.23 Å². The van der Waals surface area contributed by atoms with Crippen molar-refractivity contribution >= 4 is 0 Å². The van der Waals surface area contributed by atoms with Crippen LogP contribution in [-0.4, -0.2) is 12.7 Å². The van der Waals surface area contributed by atoms with Crippen molar-refractivity contribution in [1.29, 1.82) is 0 Å². The highest BCUT2D eigenvalue weighted by molar-refractivity contribution is 4.81. The summed E-state index contributed by atoms with van der Waals surface area (Å²) < 4.78 is 5.78. The van der Waals surface area contributed by atoms with Crippen LogP contribution in [0, 0.1) is 5.41 Å². The second-order valence-electron chi connectivity index (χ2n) is 4.77. The Morgan fingerprint density at radius 3 is 2.23 bits per heavy atom. The standard InChI is InChI=1S/C12H24O/c1-4-12(10-13-11(2)3)8-6-5-7-9-12/h11H,4-10H2,1-3H3. The molecule has 0 bridgehead atoms. The molecule has 13 heavy (non-hydrogen) atoms. The number of rotatable bonds is 4. The molecule has 0 heterocycles. The first kappa shape index (κ1) is 11.0. The SMILES string of the molecule is CCC1(COC(C)C)CCCCC1. The lowest BCUT2D eigenvalue weighted by Crippen LogP contribution is -2.30. The first-order valence-electron chi connectivity index (χ1n) is 5.80. The van der Waals surface area contributed by atoms with E-state index < -0.39 is 0 Å². The van der Waals surface area contributed by atoms with Gasteiger partial charge in [0.25, 0.3) is 0 Å². The maximum Gasteiger partial charge on any atom is 0.0525 e. The van der Waals surface area contributed by atoms with Crippen LogP contribution in [0.2, 0.25) is 0 Å². The molecule has 1 nitrogen and oxygen atoms in total. The zero-order valence-corrected chi connectivity index (χ0v) is 9.44. The summed E-state index contributed by atoms with van der Waals surface area (Å²) in [6.45, 7) is 7.56. The summed E-state index contributed by atoms with van der Waals surface area (Å²) >= 11 is 0. The van der Waals surface area contributed by atoms with Gasteiger partial charge in [-0.05, 0) is 38.5 Å². The van der Waals surface area contributed by atoms with Gasteiger partial charge < -0.3 is 4.74 Å². The van der Waals surface area contributed by atoms with Crippen LogP contribution < -0.4 is 0 Å². The van der Waals surface area contributed by atoms with Crippen molar-refractivity contribution < 1.29 is 4.74 Å². The molecule has 1 heteroatoms. The monoisotopic (exact) mass is 184 g/mol. The molecule has 0 spiro atoms. The average molecular weight is 184 g/mol. The molecule has 0 radical (unpaired) electrons. The van der Waals surface area contributed by atoms with Gasteiger partial charge in [-0.3, -0.25) is 0 Å². The van der Waals surface area contributed by atoms with Crippen LogP contribution in [0.15, 0.2) is 0 Å². The molecule has 1 saturated carbocycles. The number of hydrogen-bond acceptors (Lipinski definition) is 1. The maximum atomic E-state index is 5.78. The average Bonchev–Trinajstić information content (AvgIpc) is 2.16. The van der Waals surface area contributed by atoms with Crippen molar-refractivity contribution in [2.75, 3.05) is 6.61 Å². The summed E-state index contributed by atoms with van der Waals surface area (Å²) in [5.74, 6) is 0. The van der Waals surface area contributed by atoms with Gasteiger partial charge in [0.05, 0.1) is 12.7 Å². The Morgan fingerprint density at radius 1 is 1.15 bits per heavy atom. The normalized spacial score (nSPS) is 22.2. The van der Waals surface area contributed by atoms with E-state index in [-0.39, 0.29) is 0 Å². The predicted molar refractivity (Wildman–Crippen MR) is 56.9 cm³/mol. The fraction of sp³-hybridized carbons (Fsp3) is 1.00. The number of hydrogen-bond donors (Lipinski definition) is 0. The largest absolute Gasteiger partial charge is 0.378 e. The number of ether oxygens (including phenoxy) is 1. The molecule has 0 aromatic carbocycles. The third kappa shape index (κ3) is 3.30. The van der Waals surface area contributed by atoms with Gasteiger partial charge in [-0.2, -0.15) is 0 Å². The van der Waals surface area contributed by atoms with Gasteiger partial charge in [0, 0.05) is 0 Å². The molecule has 1 aliphatic rings. The smallest absolute Gasteiger partial charge is 0.0525 e. The van der Waals surface area contributed by atoms with Gasteiger partial charge in [0.1, 0.15) is 0 Å². The molecule has 0 saturated heterocycles. The second-order valence-corrected chi connectivity index (χ2v) is 4.77. The van der Waals surface area contributed by atoms with Crippen molar-refractivity contribution in [3.05, 3.63) is 0 Å². The Bertz CT molecular complexity index is 134. The van der Waals surface area contributed by atoms with Crippen molar-refractivity contribution in [3.63, 3.8) is 0 Å². The highest BCUT2D eigenvalue weighted by Gasteiger charge is 2.30. The Kier molecular flexibility index (Phi) is 4.24. The lowest BCUT2D eigenvalue weighted by molar-refractivity contribution is -0.0129. The fourth-order valence-electron chi connectivity index (χ4n) is 2.25. The van der Waals surface area contributed by atoms with Gasteiger partial charge >= 0.3 is 0 Å². The van der Waals surface area contributed by atoms with E-state index in [2.05, 4.69) is 20.8 Å². The van der Waals surface area contributed by atoms with Crippen molar-refractivity contribution in [2.24, 2.45) is 5.41 Å². The van der Waals surface area contributed by atoms with Crippen LogP contribution in [0.5, 0.6) is 0 Å². The van der Waals surface area contributed by atoms with Gasteiger partial charge in [0.2, 0.25) is 0 Å². The second kappa shape index (κ2) is 4.99. The van der Waals surface area contributed by atoms with Gasteiger partial charge in [0.15, 0.2) is 0 Å². The van der Waals surface area contributed by atoms with Crippen LogP contribution in [0.4, 0.5) is 0 Å². The molecule has 0 amide bonds. The van der Waals surface area contributed by atoms with Crippen LogP contribution in [-0.2, 0) is 4.74 Å². The molecule has 0 N–H and O–H groups in total. The Labute approximate surface area is 82.9 Å². The van der Waals surface area contributed by atoms with Gasteiger partial charge in [-0.15, -0.1) is 0 Å². The maximum absolute atomic E-state index is 5.78. The van der Waals surface area contributed by atoms with E-state index in [1.807, 2.05) is 0 Å². The van der Waals surface area contributed by atoms with Crippen LogP contribution in [0.3, 0.4) is 0 Å². The lowest BCUT2D eigenvalue weighted by Gasteiger charge is -2.36. The van der Waals surface area contributed by atoms with Crippen molar-refractivity contribution in [3.8, 4) is 0 Å². The summed E-state index contributed by atoms with van der Waals surface area (Å²) in [6.07, 6.45) is 8.71. The molecular weight excluding hydrogens is 160 g/mol. The molecule has 0 aliphatic heterocycles. The highest BCUT2D eigenvalue weighted by atomic mass is 16.5. The zero-order valence-electron chi connectivity index (χ0n) is 9.44. The van der Waals surface area contributed by atoms with E-state index in [1.54, 1.807) is 0 Å². The molecule has 1 fully saturated rings. The molecule has 1 aliphatic carbocycles. The van der Waals surface area contributed by atoms with E-state index in [1.165, 1.54) is 38.5 Å². The summed E-state index contributed by atoms with van der Waals surface area (Å²) in [4.78, 5) is 0. The highest BCUT2D eigenvalue weighted by Crippen LogP contribution is 2.39. The van der Waals surface area contributed by atoms with E-state index in [9.17, 15) is 0 Å². The minimum atomic E-state index is 0.394. The first-order valence-corrected chi connectivity index (χ1v) is 5.80. The molecular formula is C12H24O. The lowest BCUT2D eigenvalue weighted by atomic mass is 9.73. The fourth-order valence-corrected chi connectivity index (χ4v) is 2.25. The van der Waals surface area contributed by atoms with Crippen LogP contribution in [0.1, 0.15) is 59.3 Å². The minimum absolute atomic E-state index is 0.394. The zero-order chi connectivity index (χ0) is 9.73. The Morgan fingerprint density at radius 2 is 1.77 bits per heavy atom. The summed E-state index contributed by atoms with van der Waals surface area (Å²) in [5, 5.41) is 0. The third-order valence-electron chi connectivity index (χ3n) is 3.39. The molecule has 0 aromatic rings. The quantitative estimate of drug-likeness (QED) is 0.646. The van der Waals surface area contributed by atoms with Crippen LogP contribution in [0.25, 0.3) is 0 Å². The van der Waals surface area contributed by atoms with Crippen LogP contribution >= 0.6 is 0 Å². The third-order valence-corrected chi connectivity index (χ3v) is 3.39. The molecule has 0 aromatic heterocycles. The molecule has 1 rings (SSSR count). The summed E-state index contributed by atoms with van der Waals surface area (Å²) in [7, 11) is 0. The van der Waals surface area contributed by atoms with E-state index >= 15 is 0 Å². The minimum Gasteiger partial charge on any atom is -0.378 e. The first-order chi connectivity index (χ1) is 6.18. The molecule has 78 valence electrons. The summed E-state index contributed by atoms with van der Waals surface area (Å²) in [5.41, 5.74) is 0.530. The molecule has 0 unspecified atom stereocenters. The van der Waals surface area contributed by atoms with Crippen molar-refractivity contribution in [2.45, 2.75) is 65.4 Å². The predicted octanol–water partition coefficient (Wildman–Crippen LogP) is 3.77. The van der Waals surface area contributed by atoms with E-state index in [0.717, 1.165) is 6.61 Å². The molecule has 0 atom stereocenters. The van der Waals surface area contributed by atoms with E-state index in [4.69, 9.17) is 4.74 Å². The van der Waals surface area contributed by atoms with Gasteiger partial charge in [-0.25, -0.2) is 0 Å². The Balaban J connectivity index is 2.38. The Hall–Kier alpha value is -0.0400. The van der Waals surface area contributed by atoms with Gasteiger partial charge in [-0.1, -0.05) is 26.2 Å². The van der Waals surface area contributed by atoms with E-state index in [0.29, 0.717) is 11.5 Å².